The molecule has 0 radical (unpaired) electrons. The Morgan fingerprint density at radius 2 is 2.60 bits per heavy atom. The molecule has 1 aromatic rings. The van der Waals surface area contributed by atoms with Crippen LogP contribution in [0.25, 0.3) is 0 Å². The Labute approximate surface area is 57.5 Å². The molecule has 2 heterocycles. The van der Waals surface area contributed by atoms with Crippen molar-refractivity contribution in [2.45, 2.75) is 6.04 Å². The summed E-state index contributed by atoms with van der Waals surface area (Å²) in [6.45, 7) is 0.542. The lowest BCUT2D eigenvalue weighted by Crippen LogP contribution is -1.96. The highest BCUT2D eigenvalue weighted by molar-refractivity contribution is 5.49. The van der Waals surface area contributed by atoms with E-state index in [2.05, 4.69) is 9.98 Å². The summed E-state index contributed by atoms with van der Waals surface area (Å²) in [4.78, 5) is 7.91. The van der Waals surface area contributed by atoms with E-state index in [0.717, 1.165) is 0 Å². The van der Waals surface area contributed by atoms with Gasteiger partial charge in [-0.2, -0.15) is 0 Å². The zero-order valence-corrected chi connectivity index (χ0v) is 5.23. The zero-order chi connectivity index (χ0) is 6.81. The van der Waals surface area contributed by atoms with Crippen LogP contribution in [0.1, 0.15) is 11.9 Å². The fourth-order valence-electron chi connectivity index (χ4n) is 0.828. The van der Waals surface area contributed by atoms with Crippen molar-refractivity contribution in [1.82, 2.24) is 4.98 Å². The summed E-state index contributed by atoms with van der Waals surface area (Å²) in [5.41, 5.74) is 0. The second kappa shape index (κ2) is 2.13. The summed E-state index contributed by atoms with van der Waals surface area (Å²) in [5.74, 6) is 0.619. The van der Waals surface area contributed by atoms with Crippen LogP contribution < -0.4 is 0 Å². The van der Waals surface area contributed by atoms with Gasteiger partial charge in [-0.05, 0) is 0 Å². The smallest absolute Gasteiger partial charge is 0.222 e. The Balaban J connectivity index is 2.20. The summed E-state index contributed by atoms with van der Waals surface area (Å²) in [7, 11) is 0. The van der Waals surface area contributed by atoms with Crippen molar-refractivity contribution in [3.05, 3.63) is 18.4 Å². The average Bonchev–Trinajstić information content (AvgIpc) is 2.59. The molecule has 0 bridgehead atoms. The molecular formula is C6H6N2O2. The second-order valence-electron chi connectivity index (χ2n) is 1.97. The Hall–Kier alpha value is -1.32. The van der Waals surface area contributed by atoms with E-state index < -0.39 is 0 Å². The summed E-state index contributed by atoms with van der Waals surface area (Å²) in [5, 5.41) is 0. The summed E-state index contributed by atoms with van der Waals surface area (Å²) < 4.78 is 9.90. The minimum absolute atomic E-state index is 0.0324. The minimum atomic E-state index is -0.0324. The minimum Gasteiger partial charge on any atom is -0.481 e. The SMILES string of the molecule is C1=NC(c2ncco2)CO1. The molecule has 52 valence electrons. The van der Waals surface area contributed by atoms with Crippen LogP contribution in [0.4, 0.5) is 0 Å². The molecule has 0 spiro atoms. The van der Waals surface area contributed by atoms with Gasteiger partial charge in [0.05, 0.1) is 6.20 Å². The van der Waals surface area contributed by atoms with Crippen LogP contribution in [0, 0.1) is 0 Å². The molecule has 1 aliphatic heterocycles. The largest absolute Gasteiger partial charge is 0.481 e. The van der Waals surface area contributed by atoms with Crippen LogP contribution in [-0.2, 0) is 4.74 Å². The maximum Gasteiger partial charge on any atom is 0.222 e. The monoisotopic (exact) mass is 138 g/mol. The second-order valence-corrected chi connectivity index (χ2v) is 1.97. The van der Waals surface area contributed by atoms with E-state index in [9.17, 15) is 0 Å². The fraction of sp³-hybridized carbons (Fsp3) is 0.333. The number of oxazole rings is 1. The first kappa shape index (κ1) is 5.46. The van der Waals surface area contributed by atoms with Gasteiger partial charge in [0.15, 0.2) is 12.4 Å². The van der Waals surface area contributed by atoms with Gasteiger partial charge in [0, 0.05) is 0 Å². The lowest BCUT2D eigenvalue weighted by atomic mass is 10.3. The molecule has 0 aliphatic carbocycles. The first-order valence-corrected chi connectivity index (χ1v) is 2.99. The molecule has 1 aliphatic rings. The molecule has 2 rings (SSSR count). The summed E-state index contributed by atoms with van der Waals surface area (Å²) >= 11 is 0. The topological polar surface area (TPSA) is 47.6 Å². The molecule has 1 aromatic heterocycles. The standard InChI is InChI=1S/C6H6N2O2/c1-2-10-6(7-1)5-3-9-4-8-5/h1-2,4-5H,3H2. The predicted octanol–water partition coefficient (Wildman–Crippen LogP) is 0.774. The van der Waals surface area contributed by atoms with Gasteiger partial charge >= 0.3 is 0 Å². The number of hydrogen-bond donors (Lipinski definition) is 0. The number of nitrogens with zero attached hydrogens (tertiary/aromatic N) is 2. The Morgan fingerprint density at radius 3 is 3.20 bits per heavy atom. The van der Waals surface area contributed by atoms with Gasteiger partial charge < -0.3 is 9.15 Å². The zero-order valence-electron chi connectivity index (χ0n) is 5.23. The van der Waals surface area contributed by atoms with Crippen molar-refractivity contribution in [2.24, 2.45) is 4.99 Å². The first-order chi connectivity index (χ1) is 4.97. The number of aromatic nitrogens is 1. The highest BCUT2D eigenvalue weighted by atomic mass is 16.5. The first-order valence-electron chi connectivity index (χ1n) is 2.99. The van der Waals surface area contributed by atoms with E-state index in [0.29, 0.717) is 12.5 Å². The molecule has 10 heavy (non-hydrogen) atoms. The normalized spacial score (nSPS) is 23.0. The third kappa shape index (κ3) is 0.775. The molecule has 1 unspecified atom stereocenters. The summed E-state index contributed by atoms with van der Waals surface area (Å²) in [6, 6.07) is -0.0324. The van der Waals surface area contributed by atoms with E-state index >= 15 is 0 Å². The third-order valence-electron chi connectivity index (χ3n) is 1.31. The van der Waals surface area contributed by atoms with E-state index in [1.54, 1.807) is 6.20 Å². The number of rotatable bonds is 1. The van der Waals surface area contributed by atoms with Crippen molar-refractivity contribution in [1.29, 1.82) is 0 Å². The van der Waals surface area contributed by atoms with Crippen molar-refractivity contribution < 1.29 is 9.15 Å². The molecule has 0 fully saturated rings. The summed E-state index contributed by atoms with van der Waals surface area (Å²) in [6.07, 6.45) is 4.56. The highest BCUT2D eigenvalue weighted by Crippen LogP contribution is 2.17. The van der Waals surface area contributed by atoms with E-state index in [1.165, 1.54) is 12.7 Å². The molecule has 0 N–H and O–H groups in total. The Kier molecular flexibility index (Phi) is 1.16. The van der Waals surface area contributed by atoms with Crippen LogP contribution in [0.5, 0.6) is 0 Å². The van der Waals surface area contributed by atoms with Crippen LogP contribution in [-0.4, -0.2) is 18.0 Å². The Morgan fingerprint density at radius 1 is 1.60 bits per heavy atom. The van der Waals surface area contributed by atoms with Gasteiger partial charge in [0.1, 0.15) is 12.9 Å². The molecule has 4 nitrogen and oxygen atoms in total. The Bertz CT molecular complexity index is 230. The third-order valence-corrected chi connectivity index (χ3v) is 1.31. The molecule has 1 atom stereocenters. The fourth-order valence-corrected chi connectivity index (χ4v) is 0.828. The number of ether oxygens (including phenoxy) is 1. The lowest BCUT2D eigenvalue weighted by Gasteiger charge is -1.96. The van der Waals surface area contributed by atoms with Gasteiger partial charge in [0.2, 0.25) is 5.89 Å². The van der Waals surface area contributed by atoms with Gasteiger partial charge in [-0.3, -0.25) is 0 Å². The predicted molar refractivity (Wildman–Crippen MR) is 33.7 cm³/mol. The van der Waals surface area contributed by atoms with Crippen LogP contribution >= 0.6 is 0 Å². The van der Waals surface area contributed by atoms with Crippen molar-refractivity contribution >= 4 is 6.40 Å². The van der Waals surface area contributed by atoms with Crippen molar-refractivity contribution in [2.75, 3.05) is 6.61 Å². The van der Waals surface area contributed by atoms with E-state index in [-0.39, 0.29) is 6.04 Å². The van der Waals surface area contributed by atoms with Gasteiger partial charge in [-0.15, -0.1) is 0 Å². The quantitative estimate of drug-likeness (QED) is 0.576. The van der Waals surface area contributed by atoms with E-state index in [4.69, 9.17) is 9.15 Å². The average molecular weight is 138 g/mol. The van der Waals surface area contributed by atoms with E-state index in [1.807, 2.05) is 0 Å². The maximum atomic E-state index is 5.01. The van der Waals surface area contributed by atoms with Gasteiger partial charge in [-0.1, -0.05) is 0 Å². The number of aliphatic imine (C=N–C) groups is 1. The van der Waals surface area contributed by atoms with Gasteiger partial charge in [0.25, 0.3) is 0 Å². The number of hydrogen-bond acceptors (Lipinski definition) is 4. The highest BCUT2D eigenvalue weighted by Gasteiger charge is 2.17. The molecule has 0 saturated heterocycles. The maximum absolute atomic E-state index is 5.01. The molecule has 0 aromatic carbocycles. The van der Waals surface area contributed by atoms with Crippen LogP contribution in [0.3, 0.4) is 0 Å². The molecule has 0 saturated carbocycles. The van der Waals surface area contributed by atoms with Crippen LogP contribution in [0.2, 0.25) is 0 Å². The molecule has 0 amide bonds. The molecular weight excluding hydrogens is 132 g/mol. The van der Waals surface area contributed by atoms with Crippen molar-refractivity contribution in [3.8, 4) is 0 Å². The van der Waals surface area contributed by atoms with Crippen molar-refractivity contribution in [3.63, 3.8) is 0 Å². The molecule has 4 heteroatoms. The van der Waals surface area contributed by atoms with Crippen LogP contribution in [0.15, 0.2) is 21.9 Å². The van der Waals surface area contributed by atoms with Gasteiger partial charge in [-0.25, -0.2) is 9.98 Å². The lowest BCUT2D eigenvalue weighted by molar-refractivity contribution is 0.307.